The normalized spacial score (nSPS) is 11.3. The van der Waals surface area contributed by atoms with Crippen LogP contribution in [0.4, 0.5) is 5.69 Å². The van der Waals surface area contributed by atoms with Gasteiger partial charge in [0, 0.05) is 12.1 Å². The molecule has 0 radical (unpaired) electrons. The smallest absolute Gasteiger partial charge is 0.282 e. The Balaban J connectivity index is 1.35. The van der Waals surface area contributed by atoms with Crippen LogP contribution in [0.15, 0.2) is 105 Å². The van der Waals surface area contributed by atoms with Crippen molar-refractivity contribution in [1.29, 1.82) is 0 Å². The molecule has 0 aliphatic heterocycles. The standard InChI is InChI=1S/C32H24N4O7/c1-40-26-11-6-12-27-24(26)17-30(43-27)31-34-25-10-4-3-9-23(25)32(37)35(31)33-18-20-13-14-28(29(16-20)41-2)42-19-21-7-5-8-22(15-21)36(38)39/h3-18H,19H2,1-2H3. The molecule has 0 unspecified atom stereocenters. The van der Waals surface area contributed by atoms with Crippen LogP contribution in [0.2, 0.25) is 0 Å². The van der Waals surface area contributed by atoms with Gasteiger partial charge in [0.1, 0.15) is 17.9 Å². The summed E-state index contributed by atoms with van der Waals surface area (Å²) < 4.78 is 24.1. The van der Waals surface area contributed by atoms with Crippen molar-refractivity contribution >= 4 is 33.8 Å². The van der Waals surface area contributed by atoms with Crippen LogP contribution in [0.5, 0.6) is 17.2 Å². The van der Waals surface area contributed by atoms with Gasteiger partial charge in [0.05, 0.1) is 41.6 Å². The highest BCUT2D eigenvalue weighted by atomic mass is 16.6. The Bertz CT molecular complexity index is 2080. The van der Waals surface area contributed by atoms with Crippen molar-refractivity contribution in [3.05, 3.63) is 123 Å². The summed E-state index contributed by atoms with van der Waals surface area (Å²) in [5, 5.41) is 16.7. The van der Waals surface area contributed by atoms with Crippen molar-refractivity contribution in [2.75, 3.05) is 14.2 Å². The summed E-state index contributed by atoms with van der Waals surface area (Å²) in [7, 11) is 3.08. The molecule has 0 saturated carbocycles. The lowest BCUT2D eigenvalue weighted by atomic mass is 10.2. The van der Waals surface area contributed by atoms with Gasteiger partial charge in [-0.1, -0.05) is 30.3 Å². The number of nitro groups is 1. The average Bonchev–Trinajstić information content (AvgIpc) is 3.48. The number of rotatable bonds is 9. The van der Waals surface area contributed by atoms with E-state index in [-0.39, 0.29) is 23.7 Å². The lowest BCUT2D eigenvalue weighted by Crippen LogP contribution is -2.20. The fraction of sp³-hybridized carbons (Fsp3) is 0.0938. The summed E-state index contributed by atoms with van der Waals surface area (Å²) in [4.78, 5) is 28.9. The number of hydrogen-bond donors (Lipinski definition) is 0. The summed E-state index contributed by atoms with van der Waals surface area (Å²) in [6, 6.07) is 25.6. The second-order valence-electron chi connectivity index (χ2n) is 9.42. The molecule has 2 aromatic heterocycles. The van der Waals surface area contributed by atoms with E-state index in [2.05, 4.69) is 5.10 Å². The zero-order valence-electron chi connectivity index (χ0n) is 23.1. The van der Waals surface area contributed by atoms with Gasteiger partial charge in [-0.25, -0.2) is 4.98 Å². The molecular formula is C32H24N4O7. The van der Waals surface area contributed by atoms with Crippen molar-refractivity contribution in [3.8, 4) is 28.8 Å². The van der Waals surface area contributed by atoms with Crippen molar-refractivity contribution in [2.45, 2.75) is 6.61 Å². The minimum atomic E-state index is -0.453. The first kappa shape index (κ1) is 27.2. The number of para-hydroxylation sites is 1. The highest BCUT2D eigenvalue weighted by Crippen LogP contribution is 2.33. The number of furan rings is 1. The summed E-state index contributed by atoms with van der Waals surface area (Å²) in [6.45, 7) is 0.106. The monoisotopic (exact) mass is 576 g/mol. The minimum absolute atomic E-state index is 0.0146. The van der Waals surface area contributed by atoms with Gasteiger partial charge < -0.3 is 18.6 Å². The van der Waals surface area contributed by atoms with Gasteiger partial charge in [0.25, 0.3) is 11.2 Å². The van der Waals surface area contributed by atoms with E-state index in [1.54, 1.807) is 61.7 Å². The van der Waals surface area contributed by atoms with Gasteiger partial charge in [0.15, 0.2) is 17.3 Å². The van der Waals surface area contributed by atoms with Gasteiger partial charge in [-0.15, -0.1) is 0 Å². The number of nitro benzene ring substituents is 1. The first-order chi connectivity index (χ1) is 20.9. The Morgan fingerprint density at radius 1 is 0.907 bits per heavy atom. The van der Waals surface area contributed by atoms with Crippen molar-refractivity contribution in [3.63, 3.8) is 0 Å². The largest absolute Gasteiger partial charge is 0.496 e. The highest BCUT2D eigenvalue weighted by Gasteiger charge is 2.18. The molecule has 214 valence electrons. The van der Waals surface area contributed by atoms with Crippen LogP contribution in [-0.2, 0) is 6.61 Å². The number of fused-ring (bicyclic) bond motifs is 2. The second-order valence-corrected chi connectivity index (χ2v) is 9.42. The average molecular weight is 577 g/mol. The van der Waals surface area contributed by atoms with E-state index >= 15 is 0 Å². The topological polar surface area (TPSA) is 131 Å². The number of non-ortho nitro benzene ring substituents is 1. The number of methoxy groups -OCH3 is 2. The molecule has 0 fully saturated rings. The first-order valence-corrected chi connectivity index (χ1v) is 13.1. The molecule has 0 amide bonds. The maximum absolute atomic E-state index is 13.6. The van der Waals surface area contributed by atoms with Crippen LogP contribution in [0, 0.1) is 10.1 Å². The number of ether oxygens (including phenoxy) is 3. The molecule has 6 aromatic rings. The lowest BCUT2D eigenvalue weighted by Gasteiger charge is -2.11. The van der Waals surface area contributed by atoms with Crippen LogP contribution >= 0.6 is 0 Å². The molecule has 11 heteroatoms. The molecule has 2 heterocycles. The highest BCUT2D eigenvalue weighted by molar-refractivity contribution is 5.88. The maximum atomic E-state index is 13.6. The van der Waals surface area contributed by atoms with E-state index < -0.39 is 4.92 Å². The zero-order valence-corrected chi connectivity index (χ0v) is 23.1. The Labute approximate surface area is 244 Å². The van der Waals surface area contributed by atoms with Gasteiger partial charge >= 0.3 is 0 Å². The molecule has 11 nitrogen and oxygen atoms in total. The number of benzene rings is 4. The summed E-state index contributed by atoms with van der Waals surface area (Å²) in [5.74, 6) is 2.06. The molecule has 4 aromatic carbocycles. The minimum Gasteiger partial charge on any atom is -0.496 e. The molecule has 0 atom stereocenters. The van der Waals surface area contributed by atoms with E-state index in [0.29, 0.717) is 50.6 Å². The van der Waals surface area contributed by atoms with E-state index in [0.717, 1.165) is 5.39 Å². The van der Waals surface area contributed by atoms with Crippen LogP contribution in [0.3, 0.4) is 0 Å². The van der Waals surface area contributed by atoms with Crippen molar-refractivity contribution in [1.82, 2.24) is 9.66 Å². The molecule has 0 N–H and O–H groups in total. The third-order valence-electron chi connectivity index (χ3n) is 6.74. The molecule has 0 aliphatic carbocycles. The van der Waals surface area contributed by atoms with E-state index in [4.69, 9.17) is 23.6 Å². The van der Waals surface area contributed by atoms with Gasteiger partial charge in [-0.3, -0.25) is 14.9 Å². The third-order valence-corrected chi connectivity index (χ3v) is 6.74. The predicted octanol–water partition coefficient (Wildman–Crippen LogP) is 6.20. The Morgan fingerprint density at radius 3 is 2.53 bits per heavy atom. The quantitative estimate of drug-likeness (QED) is 0.113. The van der Waals surface area contributed by atoms with Crippen molar-refractivity contribution < 1.29 is 23.6 Å². The lowest BCUT2D eigenvalue weighted by molar-refractivity contribution is -0.384. The first-order valence-electron chi connectivity index (χ1n) is 13.1. The molecule has 0 bridgehead atoms. The van der Waals surface area contributed by atoms with Crippen LogP contribution in [0.1, 0.15) is 11.1 Å². The molecule has 43 heavy (non-hydrogen) atoms. The van der Waals surface area contributed by atoms with E-state index in [9.17, 15) is 14.9 Å². The zero-order chi connectivity index (χ0) is 29.9. The molecule has 0 saturated heterocycles. The van der Waals surface area contributed by atoms with Crippen molar-refractivity contribution in [2.24, 2.45) is 5.10 Å². The molecule has 0 spiro atoms. The van der Waals surface area contributed by atoms with Crippen LogP contribution in [-0.4, -0.2) is 35.0 Å². The fourth-order valence-electron chi connectivity index (χ4n) is 4.64. The summed E-state index contributed by atoms with van der Waals surface area (Å²) in [6.07, 6.45) is 1.51. The molecular weight excluding hydrogens is 552 g/mol. The van der Waals surface area contributed by atoms with Gasteiger partial charge in [0.2, 0.25) is 5.82 Å². The SMILES string of the molecule is COc1cc(C=Nn2c(-c3cc4c(OC)cccc4o3)nc3ccccc3c2=O)ccc1OCc1cccc([N+](=O)[O-])c1. The Morgan fingerprint density at radius 2 is 1.72 bits per heavy atom. The molecule has 0 aliphatic rings. The van der Waals surface area contributed by atoms with E-state index in [1.807, 2.05) is 24.3 Å². The number of aromatic nitrogens is 2. The van der Waals surface area contributed by atoms with Gasteiger partial charge in [-0.05, 0) is 59.7 Å². The second kappa shape index (κ2) is 11.5. The van der Waals surface area contributed by atoms with E-state index in [1.165, 1.54) is 30.1 Å². The number of nitrogens with zero attached hydrogens (tertiary/aromatic N) is 4. The fourth-order valence-corrected chi connectivity index (χ4v) is 4.64. The van der Waals surface area contributed by atoms with Crippen LogP contribution in [0.25, 0.3) is 33.5 Å². The molecule has 6 rings (SSSR count). The Kier molecular flexibility index (Phi) is 7.27. The Hall–Kier alpha value is -5.97. The maximum Gasteiger partial charge on any atom is 0.282 e. The summed E-state index contributed by atoms with van der Waals surface area (Å²) in [5.41, 5.74) is 1.97. The third kappa shape index (κ3) is 5.38. The number of hydrogen-bond acceptors (Lipinski definition) is 9. The summed E-state index contributed by atoms with van der Waals surface area (Å²) >= 11 is 0. The van der Waals surface area contributed by atoms with Gasteiger partial charge in [-0.2, -0.15) is 9.78 Å². The predicted molar refractivity (Wildman–Crippen MR) is 161 cm³/mol. The van der Waals surface area contributed by atoms with Crippen LogP contribution < -0.4 is 19.8 Å².